The van der Waals surface area contributed by atoms with Gasteiger partial charge in [-0.2, -0.15) is 0 Å². The number of nitrogens with one attached hydrogen (secondary N) is 1. The van der Waals surface area contributed by atoms with Crippen molar-refractivity contribution in [2.75, 3.05) is 13.1 Å². The van der Waals surface area contributed by atoms with Crippen LogP contribution in [0.1, 0.15) is 55.7 Å². The summed E-state index contributed by atoms with van der Waals surface area (Å²) in [5.74, 6) is 0.605. The molecule has 4 rings (SSSR count). The molecule has 1 aliphatic heterocycles. The molecule has 24 heavy (non-hydrogen) atoms. The first-order chi connectivity index (χ1) is 11.7. The first kappa shape index (κ1) is 15.7. The number of carbonyl (C=O) groups is 2. The molecule has 1 saturated heterocycles. The van der Waals surface area contributed by atoms with Gasteiger partial charge in [-0.05, 0) is 56.1 Å². The maximum Gasteiger partial charge on any atom is 0.225 e. The number of hydrogen-bond donors (Lipinski definition) is 1. The van der Waals surface area contributed by atoms with E-state index in [0.717, 1.165) is 51.5 Å². The fourth-order valence-electron chi connectivity index (χ4n) is 4.17. The van der Waals surface area contributed by atoms with Gasteiger partial charge in [0.25, 0.3) is 0 Å². The van der Waals surface area contributed by atoms with Crippen molar-refractivity contribution in [3.05, 3.63) is 35.4 Å². The minimum Gasteiger partial charge on any atom is -0.349 e. The number of piperidine rings is 1. The van der Waals surface area contributed by atoms with Gasteiger partial charge in [-0.25, -0.2) is 0 Å². The van der Waals surface area contributed by atoms with Gasteiger partial charge in [-0.15, -0.1) is 0 Å². The van der Waals surface area contributed by atoms with Crippen LogP contribution in [0, 0.1) is 11.8 Å². The van der Waals surface area contributed by atoms with Crippen LogP contribution in [0.25, 0.3) is 0 Å². The molecular formula is C20H26N2O2. The summed E-state index contributed by atoms with van der Waals surface area (Å²) in [6.07, 6.45) is 7.15. The van der Waals surface area contributed by atoms with Crippen LogP contribution in [0.3, 0.4) is 0 Å². The lowest BCUT2D eigenvalue weighted by Gasteiger charge is -2.34. The lowest BCUT2D eigenvalue weighted by atomic mass is 9.87. The molecule has 1 heterocycles. The third kappa shape index (κ3) is 3.19. The SMILES string of the molecule is O=C(N[C@@H]1CCCc2ccccc21)[C@@H]1CCCN(C(=O)C2CC2)C1. The van der Waals surface area contributed by atoms with Crippen LogP contribution in [-0.4, -0.2) is 29.8 Å². The lowest BCUT2D eigenvalue weighted by molar-refractivity contribution is -0.137. The van der Waals surface area contributed by atoms with Crippen molar-refractivity contribution in [3.63, 3.8) is 0 Å². The van der Waals surface area contributed by atoms with Crippen LogP contribution in [0.5, 0.6) is 0 Å². The zero-order valence-electron chi connectivity index (χ0n) is 14.2. The summed E-state index contributed by atoms with van der Waals surface area (Å²) in [4.78, 5) is 27.0. The van der Waals surface area contributed by atoms with Crippen molar-refractivity contribution in [2.24, 2.45) is 11.8 Å². The highest BCUT2D eigenvalue weighted by molar-refractivity contribution is 5.83. The molecular weight excluding hydrogens is 300 g/mol. The highest BCUT2D eigenvalue weighted by atomic mass is 16.2. The van der Waals surface area contributed by atoms with E-state index in [9.17, 15) is 9.59 Å². The largest absolute Gasteiger partial charge is 0.349 e. The van der Waals surface area contributed by atoms with Crippen LogP contribution >= 0.6 is 0 Å². The number of fused-ring (bicyclic) bond motifs is 1. The highest BCUT2D eigenvalue weighted by Gasteiger charge is 2.37. The van der Waals surface area contributed by atoms with Crippen LogP contribution in [-0.2, 0) is 16.0 Å². The topological polar surface area (TPSA) is 49.4 Å². The van der Waals surface area contributed by atoms with E-state index in [-0.39, 0.29) is 29.7 Å². The molecule has 0 spiro atoms. The zero-order chi connectivity index (χ0) is 16.5. The molecule has 1 aromatic rings. The maximum absolute atomic E-state index is 12.8. The second kappa shape index (κ2) is 6.58. The molecule has 4 nitrogen and oxygen atoms in total. The molecule has 3 aliphatic rings. The van der Waals surface area contributed by atoms with Gasteiger partial charge in [0, 0.05) is 19.0 Å². The standard InChI is InChI=1S/C20H26N2O2/c23-19(16-7-4-12-22(13-16)20(24)15-10-11-15)21-18-9-3-6-14-5-1-2-8-17(14)18/h1-2,5,8,15-16,18H,3-4,6-7,9-13H2,(H,21,23)/t16-,18-/m1/s1. The Morgan fingerprint density at radius 3 is 2.67 bits per heavy atom. The van der Waals surface area contributed by atoms with Gasteiger partial charge in [0.05, 0.1) is 12.0 Å². The lowest BCUT2D eigenvalue weighted by Crippen LogP contribution is -2.46. The molecule has 1 aromatic carbocycles. The van der Waals surface area contributed by atoms with Crippen LogP contribution in [0.4, 0.5) is 0 Å². The smallest absolute Gasteiger partial charge is 0.225 e. The van der Waals surface area contributed by atoms with E-state index in [1.807, 2.05) is 4.90 Å². The average molecular weight is 326 g/mol. The van der Waals surface area contributed by atoms with E-state index in [1.54, 1.807) is 0 Å². The Hall–Kier alpha value is -1.84. The molecule has 2 amide bonds. The Bertz CT molecular complexity index is 638. The Kier molecular flexibility index (Phi) is 4.30. The summed E-state index contributed by atoms with van der Waals surface area (Å²) in [7, 11) is 0. The molecule has 1 N–H and O–H groups in total. The number of rotatable bonds is 3. The van der Waals surface area contributed by atoms with Crippen molar-refractivity contribution in [2.45, 2.75) is 51.0 Å². The van der Waals surface area contributed by atoms with E-state index in [4.69, 9.17) is 0 Å². The fourth-order valence-corrected chi connectivity index (χ4v) is 4.17. The van der Waals surface area contributed by atoms with Gasteiger partial charge in [0.15, 0.2) is 0 Å². The zero-order valence-corrected chi connectivity index (χ0v) is 14.2. The van der Waals surface area contributed by atoms with Crippen LogP contribution < -0.4 is 5.32 Å². The van der Waals surface area contributed by atoms with Gasteiger partial charge >= 0.3 is 0 Å². The Labute approximate surface area is 143 Å². The number of aryl methyl sites for hydroxylation is 1. The molecule has 2 fully saturated rings. The Balaban J connectivity index is 1.40. The van der Waals surface area contributed by atoms with E-state index in [1.165, 1.54) is 11.1 Å². The number of benzene rings is 1. The minimum atomic E-state index is -0.0458. The number of hydrogen-bond acceptors (Lipinski definition) is 2. The van der Waals surface area contributed by atoms with Crippen molar-refractivity contribution in [1.82, 2.24) is 10.2 Å². The minimum absolute atomic E-state index is 0.0458. The van der Waals surface area contributed by atoms with Crippen LogP contribution in [0.2, 0.25) is 0 Å². The third-order valence-corrected chi connectivity index (χ3v) is 5.72. The van der Waals surface area contributed by atoms with Gasteiger partial charge in [0.1, 0.15) is 0 Å². The predicted molar refractivity (Wildman–Crippen MR) is 92.3 cm³/mol. The number of carbonyl (C=O) groups excluding carboxylic acids is 2. The van der Waals surface area contributed by atoms with Gasteiger partial charge in [-0.1, -0.05) is 24.3 Å². The quantitative estimate of drug-likeness (QED) is 0.928. The monoisotopic (exact) mass is 326 g/mol. The second-order valence-electron chi connectivity index (χ2n) is 7.55. The number of amides is 2. The maximum atomic E-state index is 12.8. The van der Waals surface area contributed by atoms with Crippen LogP contribution in [0.15, 0.2) is 24.3 Å². The summed E-state index contributed by atoms with van der Waals surface area (Å²) in [5.41, 5.74) is 2.64. The molecule has 1 saturated carbocycles. The molecule has 0 radical (unpaired) electrons. The molecule has 2 aliphatic carbocycles. The normalized spacial score (nSPS) is 26.6. The van der Waals surface area contributed by atoms with Gasteiger partial charge in [0.2, 0.25) is 11.8 Å². The van der Waals surface area contributed by atoms with E-state index in [2.05, 4.69) is 29.6 Å². The molecule has 2 atom stereocenters. The summed E-state index contributed by atoms with van der Waals surface area (Å²) < 4.78 is 0. The molecule has 0 aromatic heterocycles. The summed E-state index contributed by atoms with van der Waals surface area (Å²) in [5, 5.41) is 3.27. The average Bonchev–Trinajstić information content (AvgIpc) is 3.47. The summed E-state index contributed by atoms with van der Waals surface area (Å²) >= 11 is 0. The highest BCUT2D eigenvalue weighted by Crippen LogP contribution is 2.33. The summed E-state index contributed by atoms with van der Waals surface area (Å²) in [6, 6.07) is 8.58. The van der Waals surface area contributed by atoms with E-state index in [0.29, 0.717) is 6.54 Å². The predicted octanol–water partition coefficient (Wildman–Crippen LogP) is 2.83. The Morgan fingerprint density at radius 2 is 1.83 bits per heavy atom. The van der Waals surface area contributed by atoms with Gasteiger partial charge in [-0.3, -0.25) is 9.59 Å². The molecule has 128 valence electrons. The van der Waals surface area contributed by atoms with Crippen molar-refractivity contribution < 1.29 is 9.59 Å². The fraction of sp³-hybridized carbons (Fsp3) is 0.600. The van der Waals surface area contributed by atoms with E-state index < -0.39 is 0 Å². The van der Waals surface area contributed by atoms with Crippen molar-refractivity contribution in [1.29, 1.82) is 0 Å². The first-order valence-electron chi connectivity index (χ1n) is 9.39. The molecule has 0 unspecified atom stereocenters. The first-order valence-corrected chi connectivity index (χ1v) is 9.39. The van der Waals surface area contributed by atoms with Gasteiger partial charge < -0.3 is 10.2 Å². The summed E-state index contributed by atoms with van der Waals surface area (Å²) in [6.45, 7) is 1.43. The molecule has 4 heteroatoms. The third-order valence-electron chi connectivity index (χ3n) is 5.72. The van der Waals surface area contributed by atoms with Crippen molar-refractivity contribution >= 4 is 11.8 Å². The second-order valence-corrected chi connectivity index (χ2v) is 7.55. The van der Waals surface area contributed by atoms with Crippen molar-refractivity contribution in [3.8, 4) is 0 Å². The number of likely N-dealkylation sites (tertiary alicyclic amines) is 1. The van der Waals surface area contributed by atoms with E-state index >= 15 is 0 Å². The molecule has 0 bridgehead atoms. The Morgan fingerprint density at radius 1 is 1.00 bits per heavy atom. The number of nitrogens with zero attached hydrogens (tertiary/aromatic N) is 1.